The molecule has 0 aliphatic heterocycles. The number of hydrogen-bond donors (Lipinski definition) is 0. The van der Waals surface area contributed by atoms with Gasteiger partial charge in [-0.25, -0.2) is 0 Å². The number of esters is 1. The van der Waals surface area contributed by atoms with E-state index in [1.54, 1.807) is 0 Å². The van der Waals surface area contributed by atoms with Gasteiger partial charge >= 0.3 is 5.97 Å². The van der Waals surface area contributed by atoms with Crippen LogP contribution in [0.4, 0.5) is 0 Å². The highest BCUT2D eigenvalue weighted by atomic mass is 16.5. The summed E-state index contributed by atoms with van der Waals surface area (Å²) in [5.41, 5.74) is 0. The normalized spacial score (nSPS) is 10.5. The Balaban J connectivity index is 3.05. The van der Waals surface area contributed by atoms with Gasteiger partial charge in [0.05, 0.1) is 7.11 Å². The van der Waals surface area contributed by atoms with Gasteiger partial charge in [-0.3, -0.25) is 4.79 Å². The quantitative estimate of drug-likeness (QED) is 0.348. The van der Waals surface area contributed by atoms with Crippen molar-refractivity contribution in [2.45, 2.75) is 39.0 Å². The zero-order valence-electron chi connectivity index (χ0n) is 8.01. The minimum Gasteiger partial charge on any atom is -0.469 e. The largest absolute Gasteiger partial charge is 0.469 e. The molecule has 0 aromatic carbocycles. The average Bonchev–Trinajstić information content (AvgIpc) is 2.10. The number of rotatable bonds is 6. The summed E-state index contributed by atoms with van der Waals surface area (Å²) in [5.74, 6) is -0.0963. The molecule has 70 valence electrons. The molecule has 0 unspecified atom stereocenters. The number of ether oxygens (including phenoxy) is 1. The molecule has 0 fully saturated rings. The van der Waals surface area contributed by atoms with Crippen molar-refractivity contribution in [3.8, 4) is 0 Å². The summed E-state index contributed by atoms with van der Waals surface area (Å²) in [5, 5.41) is 0. The van der Waals surface area contributed by atoms with Crippen LogP contribution in [0.25, 0.3) is 0 Å². The van der Waals surface area contributed by atoms with E-state index < -0.39 is 0 Å². The van der Waals surface area contributed by atoms with Crippen LogP contribution in [0.2, 0.25) is 0 Å². The van der Waals surface area contributed by atoms with Crippen LogP contribution >= 0.6 is 0 Å². The maximum Gasteiger partial charge on any atom is 0.305 e. The lowest BCUT2D eigenvalue weighted by molar-refractivity contribution is -0.140. The number of unbranched alkanes of at least 4 members (excludes halogenated alkanes) is 3. The molecule has 0 aliphatic rings. The number of carbonyl (C=O) groups is 1. The molecular weight excluding hydrogens is 152 g/mol. The van der Waals surface area contributed by atoms with Crippen LogP contribution in [0.3, 0.4) is 0 Å². The van der Waals surface area contributed by atoms with E-state index in [0.717, 1.165) is 19.3 Å². The molecule has 0 N–H and O–H groups in total. The molecule has 0 saturated carbocycles. The third-order valence-electron chi connectivity index (χ3n) is 1.72. The van der Waals surface area contributed by atoms with Gasteiger partial charge < -0.3 is 4.74 Å². The van der Waals surface area contributed by atoms with Crippen molar-refractivity contribution in [2.24, 2.45) is 0 Å². The maximum absolute atomic E-state index is 10.7. The Morgan fingerprint density at radius 2 is 2.08 bits per heavy atom. The minimum absolute atomic E-state index is 0.0963. The molecule has 0 aliphatic carbocycles. The lowest BCUT2D eigenvalue weighted by atomic mass is 10.1. The van der Waals surface area contributed by atoms with Gasteiger partial charge in [0.25, 0.3) is 0 Å². The van der Waals surface area contributed by atoms with Crippen LogP contribution in [0.1, 0.15) is 39.0 Å². The number of allylic oxidation sites excluding steroid dienone is 2. The topological polar surface area (TPSA) is 26.3 Å². The summed E-state index contributed by atoms with van der Waals surface area (Å²) < 4.78 is 4.52. The minimum atomic E-state index is -0.0963. The van der Waals surface area contributed by atoms with Gasteiger partial charge in [0.15, 0.2) is 0 Å². The third kappa shape index (κ3) is 7.32. The van der Waals surface area contributed by atoms with E-state index in [1.165, 1.54) is 13.5 Å². The molecular formula is C10H18O2. The third-order valence-corrected chi connectivity index (χ3v) is 1.72. The summed E-state index contributed by atoms with van der Waals surface area (Å²) in [4.78, 5) is 10.7. The molecule has 0 rings (SSSR count). The van der Waals surface area contributed by atoms with Crippen molar-refractivity contribution in [2.75, 3.05) is 7.11 Å². The molecule has 0 aromatic heterocycles. The van der Waals surface area contributed by atoms with Crippen molar-refractivity contribution < 1.29 is 9.53 Å². The fourth-order valence-corrected chi connectivity index (χ4v) is 0.977. The van der Waals surface area contributed by atoms with Gasteiger partial charge in [0.2, 0.25) is 0 Å². The molecule has 0 heterocycles. The highest BCUT2D eigenvalue weighted by Gasteiger charge is 1.97. The second-order valence-electron chi connectivity index (χ2n) is 2.74. The standard InChI is InChI=1S/C10H18O2/c1-3-4-5-6-7-8-9-10(11)12-2/h3-4H,5-9H2,1-2H3. The molecule has 2 nitrogen and oxygen atoms in total. The lowest BCUT2D eigenvalue weighted by Gasteiger charge is -1.97. The molecule has 0 aromatic rings. The van der Waals surface area contributed by atoms with Gasteiger partial charge in [-0.2, -0.15) is 0 Å². The van der Waals surface area contributed by atoms with Crippen LogP contribution < -0.4 is 0 Å². The zero-order chi connectivity index (χ0) is 9.23. The average molecular weight is 170 g/mol. The predicted octanol–water partition coefficient (Wildman–Crippen LogP) is 2.69. The van der Waals surface area contributed by atoms with Gasteiger partial charge in [0.1, 0.15) is 0 Å². The Morgan fingerprint density at radius 1 is 1.33 bits per heavy atom. The highest BCUT2D eigenvalue weighted by molar-refractivity contribution is 5.68. The zero-order valence-corrected chi connectivity index (χ0v) is 8.01. The second kappa shape index (κ2) is 8.31. The molecule has 0 atom stereocenters. The first kappa shape index (κ1) is 11.2. The van der Waals surface area contributed by atoms with Crippen molar-refractivity contribution >= 4 is 5.97 Å². The Kier molecular flexibility index (Phi) is 7.76. The van der Waals surface area contributed by atoms with Crippen LogP contribution in [0, 0.1) is 0 Å². The van der Waals surface area contributed by atoms with Gasteiger partial charge in [-0.15, -0.1) is 0 Å². The van der Waals surface area contributed by atoms with E-state index in [4.69, 9.17) is 0 Å². The van der Waals surface area contributed by atoms with Crippen molar-refractivity contribution in [1.82, 2.24) is 0 Å². The fourth-order valence-electron chi connectivity index (χ4n) is 0.977. The molecule has 12 heavy (non-hydrogen) atoms. The Bertz CT molecular complexity index is 139. The Hall–Kier alpha value is -0.790. The van der Waals surface area contributed by atoms with Crippen LogP contribution in [-0.2, 0) is 9.53 Å². The first-order valence-corrected chi connectivity index (χ1v) is 4.49. The number of hydrogen-bond acceptors (Lipinski definition) is 2. The van der Waals surface area contributed by atoms with Crippen LogP contribution in [0.5, 0.6) is 0 Å². The molecule has 0 amide bonds. The van der Waals surface area contributed by atoms with E-state index in [9.17, 15) is 4.79 Å². The summed E-state index contributed by atoms with van der Waals surface area (Å²) in [6, 6.07) is 0. The van der Waals surface area contributed by atoms with Crippen LogP contribution in [-0.4, -0.2) is 13.1 Å². The van der Waals surface area contributed by atoms with Gasteiger partial charge in [-0.1, -0.05) is 18.6 Å². The van der Waals surface area contributed by atoms with E-state index in [-0.39, 0.29) is 5.97 Å². The smallest absolute Gasteiger partial charge is 0.305 e. The molecule has 0 radical (unpaired) electrons. The highest BCUT2D eigenvalue weighted by Crippen LogP contribution is 2.04. The van der Waals surface area contributed by atoms with E-state index in [0.29, 0.717) is 6.42 Å². The Morgan fingerprint density at radius 3 is 2.67 bits per heavy atom. The fraction of sp³-hybridized carbons (Fsp3) is 0.700. The lowest BCUT2D eigenvalue weighted by Crippen LogP contribution is -1.98. The molecule has 0 bridgehead atoms. The number of methoxy groups -OCH3 is 1. The van der Waals surface area contributed by atoms with E-state index >= 15 is 0 Å². The van der Waals surface area contributed by atoms with Gasteiger partial charge in [-0.05, 0) is 26.2 Å². The van der Waals surface area contributed by atoms with E-state index in [1.807, 2.05) is 6.92 Å². The number of carbonyl (C=O) groups excluding carboxylic acids is 1. The SMILES string of the molecule is CC=CCCCCCC(=O)OC. The van der Waals surface area contributed by atoms with Crippen molar-refractivity contribution in [3.05, 3.63) is 12.2 Å². The summed E-state index contributed by atoms with van der Waals surface area (Å²) in [6.07, 6.45) is 9.12. The van der Waals surface area contributed by atoms with Crippen LogP contribution in [0.15, 0.2) is 12.2 Å². The molecule has 0 saturated heterocycles. The summed E-state index contributed by atoms with van der Waals surface area (Å²) >= 11 is 0. The van der Waals surface area contributed by atoms with Crippen molar-refractivity contribution in [3.63, 3.8) is 0 Å². The molecule has 0 spiro atoms. The summed E-state index contributed by atoms with van der Waals surface area (Å²) in [7, 11) is 1.43. The van der Waals surface area contributed by atoms with Gasteiger partial charge in [0, 0.05) is 6.42 Å². The first-order chi connectivity index (χ1) is 5.81. The predicted molar refractivity (Wildman–Crippen MR) is 49.9 cm³/mol. The Labute approximate surface area is 74.6 Å². The van der Waals surface area contributed by atoms with E-state index in [2.05, 4.69) is 16.9 Å². The summed E-state index contributed by atoms with van der Waals surface area (Å²) in [6.45, 7) is 2.02. The maximum atomic E-state index is 10.7. The van der Waals surface area contributed by atoms with Crippen molar-refractivity contribution in [1.29, 1.82) is 0 Å². The monoisotopic (exact) mass is 170 g/mol. The second-order valence-corrected chi connectivity index (χ2v) is 2.74. The molecule has 2 heteroatoms. The first-order valence-electron chi connectivity index (χ1n) is 4.49.